The van der Waals surface area contributed by atoms with Crippen molar-refractivity contribution in [3.63, 3.8) is 0 Å². The van der Waals surface area contributed by atoms with Crippen molar-refractivity contribution in [3.8, 4) is 5.75 Å². The second-order valence-electron chi connectivity index (χ2n) is 7.14. The van der Waals surface area contributed by atoms with Crippen LogP contribution in [0, 0.1) is 11.7 Å². The van der Waals surface area contributed by atoms with Crippen LogP contribution in [0.2, 0.25) is 0 Å². The van der Waals surface area contributed by atoms with Crippen LogP contribution in [-0.2, 0) is 16.0 Å². The summed E-state index contributed by atoms with van der Waals surface area (Å²) in [6.07, 6.45) is -0.423. The van der Waals surface area contributed by atoms with E-state index in [1.54, 1.807) is 42.2 Å². The van der Waals surface area contributed by atoms with E-state index in [9.17, 15) is 14.0 Å². The summed E-state index contributed by atoms with van der Waals surface area (Å²) >= 11 is 0. The lowest BCUT2D eigenvalue weighted by Crippen LogP contribution is -2.46. The first-order valence-corrected chi connectivity index (χ1v) is 9.00. The zero-order valence-electron chi connectivity index (χ0n) is 15.7. The molecule has 3 rings (SSSR count). The number of nitrogens with zero attached hydrogens (tertiary/aromatic N) is 1. The van der Waals surface area contributed by atoms with Crippen molar-refractivity contribution >= 4 is 23.2 Å². The summed E-state index contributed by atoms with van der Waals surface area (Å²) in [5.74, 6) is 0.287. The van der Waals surface area contributed by atoms with Gasteiger partial charge in [-0.15, -0.1) is 0 Å². The summed E-state index contributed by atoms with van der Waals surface area (Å²) in [6.45, 7) is 6.43. The highest BCUT2D eigenvalue weighted by Crippen LogP contribution is 2.36. The molecular formula is C21H23FN2O3. The first kappa shape index (κ1) is 18.9. The van der Waals surface area contributed by atoms with Gasteiger partial charge in [0.15, 0.2) is 6.10 Å². The molecule has 1 aliphatic heterocycles. The second kappa shape index (κ2) is 7.78. The van der Waals surface area contributed by atoms with Gasteiger partial charge in [0.25, 0.3) is 5.91 Å². The Morgan fingerprint density at radius 2 is 1.93 bits per heavy atom. The van der Waals surface area contributed by atoms with Gasteiger partial charge in [0, 0.05) is 18.3 Å². The quantitative estimate of drug-likeness (QED) is 0.871. The normalized spacial score (nSPS) is 16.1. The van der Waals surface area contributed by atoms with Gasteiger partial charge in [-0.3, -0.25) is 9.59 Å². The molecule has 2 amide bonds. The van der Waals surface area contributed by atoms with Crippen molar-refractivity contribution in [2.75, 3.05) is 16.8 Å². The fourth-order valence-electron chi connectivity index (χ4n) is 3.03. The number of carbonyl (C=O) groups excluding carboxylic acids is 2. The number of hydrogen-bond acceptors (Lipinski definition) is 3. The SMILES string of the molecule is CC(C)CN1C(=O)C(C)Oc2cc(NC(=O)Cc3ccc(F)cc3)ccc21. The molecule has 5 nitrogen and oxygen atoms in total. The van der Waals surface area contributed by atoms with Crippen molar-refractivity contribution < 1.29 is 18.7 Å². The third-order valence-electron chi connectivity index (χ3n) is 4.28. The summed E-state index contributed by atoms with van der Waals surface area (Å²) in [4.78, 5) is 26.4. The molecule has 0 saturated carbocycles. The molecule has 0 saturated heterocycles. The third kappa shape index (κ3) is 4.45. The van der Waals surface area contributed by atoms with Crippen LogP contribution in [0.1, 0.15) is 26.3 Å². The number of ether oxygens (including phenoxy) is 1. The van der Waals surface area contributed by atoms with Gasteiger partial charge in [-0.1, -0.05) is 26.0 Å². The molecule has 1 N–H and O–H groups in total. The predicted molar refractivity (Wildman–Crippen MR) is 102 cm³/mol. The van der Waals surface area contributed by atoms with Crippen LogP contribution in [0.3, 0.4) is 0 Å². The van der Waals surface area contributed by atoms with Crippen LogP contribution in [0.4, 0.5) is 15.8 Å². The third-order valence-corrected chi connectivity index (χ3v) is 4.28. The average Bonchev–Trinajstić information content (AvgIpc) is 2.60. The number of halogens is 1. The molecule has 0 spiro atoms. The molecule has 0 bridgehead atoms. The highest BCUT2D eigenvalue weighted by Gasteiger charge is 2.31. The van der Waals surface area contributed by atoms with Gasteiger partial charge in [-0.05, 0) is 42.7 Å². The van der Waals surface area contributed by atoms with Gasteiger partial charge in [0.1, 0.15) is 11.6 Å². The maximum Gasteiger partial charge on any atom is 0.267 e. The molecular weight excluding hydrogens is 347 g/mol. The maximum atomic E-state index is 13.0. The first-order chi connectivity index (χ1) is 12.8. The summed E-state index contributed by atoms with van der Waals surface area (Å²) in [6, 6.07) is 11.1. The van der Waals surface area contributed by atoms with Crippen molar-refractivity contribution in [3.05, 3.63) is 53.8 Å². The molecule has 0 aliphatic carbocycles. The lowest BCUT2D eigenvalue weighted by Gasteiger charge is -2.34. The van der Waals surface area contributed by atoms with Crippen LogP contribution >= 0.6 is 0 Å². The molecule has 1 heterocycles. The molecule has 2 aromatic carbocycles. The van der Waals surface area contributed by atoms with E-state index in [0.29, 0.717) is 29.6 Å². The Balaban J connectivity index is 1.75. The maximum absolute atomic E-state index is 13.0. The Kier molecular flexibility index (Phi) is 5.44. The van der Waals surface area contributed by atoms with Gasteiger partial charge < -0.3 is 15.0 Å². The lowest BCUT2D eigenvalue weighted by molar-refractivity contribution is -0.125. The molecule has 0 radical (unpaired) electrons. The first-order valence-electron chi connectivity index (χ1n) is 9.00. The van der Waals surface area contributed by atoms with Gasteiger partial charge in [-0.25, -0.2) is 4.39 Å². The summed E-state index contributed by atoms with van der Waals surface area (Å²) in [5, 5.41) is 2.82. The molecule has 1 aliphatic rings. The lowest BCUT2D eigenvalue weighted by atomic mass is 10.1. The van der Waals surface area contributed by atoms with Gasteiger partial charge in [0.2, 0.25) is 5.91 Å². The molecule has 6 heteroatoms. The molecule has 0 fully saturated rings. The van der Waals surface area contributed by atoms with E-state index in [4.69, 9.17) is 4.74 Å². The Morgan fingerprint density at radius 1 is 1.22 bits per heavy atom. The number of rotatable bonds is 5. The highest BCUT2D eigenvalue weighted by molar-refractivity contribution is 6.00. The fraction of sp³-hybridized carbons (Fsp3) is 0.333. The predicted octanol–water partition coefficient (Wildman–Crippen LogP) is 3.78. The molecule has 2 aromatic rings. The van der Waals surface area contributed by atoms with Crippen molar-refractivity contribution in [1.82, 2.24) is 0 Å². The Labute approximate surface area is 158 Å². The Morgan fingerprint density at radius 3 is 2.59 bits per heavy atom. The van der Waals surface area contributed by atoms with Gasteiger partial charge in [-0.2, -0.15) is 0 Å². The van der Waals surface area contributed by atoms with E-state index in [2.05, 4.69) is 19.2 Å². The number of hydrogen-bond donors (Lipinski definition) is 1. The summed E-state index contributed by atoms with van der Waals surface area (Å²) < 4.78 is 18.7. The van der Waals surface area contributed by atoms with Gasteiger partial charge >= 0.3 is 0 Å². The number of carbonyl (C=O) groups is 2. The Hall–Kier alpha value is -2.89. The molecule has 0 aromatic heterocycles. The fourth-order valence-corrected chi connectivity index (χ4v) is 3.03. The monoisotopic (exact) mass is 370 g/mol. The van der Waals surface area contributed by atoms with Crippen LogP contribution < -0.4 is 15.0 Å². The van der Waals surface area contributed by atoms with Crippen LogP contribution in [0.5, 0.6) is 5.75 Å². The minimum absolute atomic E-state index is 0.0655. The number of fused-ring (bicyclic) bond motifs is 1. The van der Waals surface area contributed by atoms with Gasteiger partial charge in [0.05, 0.1) is 12.1 Å². The molecule has 142 valence electrons. The molecule has 1 unspecified atom stereocenters. The van der Waals surface area contributed by atoms with E-state index in [-0.39, 0.29) is 24.1 Å². The Bertz CT molecular complexity index is 849. The van der Waals surface area contributed by atoms with E-state index in [1.807, 2.05) is 0 Å². The van der Waals surface area contributed by atoms with Crippen LogP contribution in [0.15, 0.2) is 42.5 Å². The zero-order chi connectivity index (χ0) is 19.6. The largest absolute Gasteiger partial charge is 0.479 e. The number of nitrogens with one attached hydrogen (secondary N) is 1. The minimum Gasteiger partial charge on any atom is -0.479 e. The molecule has 1 atom stereocenters. The van der Waals surface area contributed by atoms with Crippen LogP contribution in [0.25, 0.3) is 0 Å². The number of benzene rings is 2. The smallest absolute Gasteiger partial charge is 0.267 e. The topological polar surface area (TPSA) is 58.6 Å². The second-order valence-corrected chi connectivity index (χ2v) is 7.14. The summed E-state index contributed by atoms with van der Waals surface area (Å²) in [7, 11) is 0. The molecule has 27 heavy (non-hydrogen) atoms. The number of anilines is 2. The van der Waals surface area contributed by atoms with E-state index in [0.717, 1.165) is 5.56 Å². The average molecular weight is 370 g/mol. The minimum atomic E-state index is -0.568. The van der Waals surface area contributed by atoms with Crippen molar-refractivity contribution in [2.45, 2.75) is 33.3 Å². The zero-order valence-corrected chi connectivity index (χ0v) is 15.7. The summed E-state index contributed by atoms with van der Waals surface area (Å²) in [5.41, 5.74) is 2.03. The van der Waals surface area contributed by atoms with E-state index < -0.39 is 6.10 Å². The van der Waals surface area contributed by atoms with Crippen LogP contribution in [-0.4, -0.2) is 24.5 Å². The van der Waals surface area contributed by atoms with E-state index in [1.165, 1.54) is 12.1 Å². The highest BCUT2D eigenvalue weighted by atomic mass is 19.1. The van der Waals surface area contributed by atoms with Crippen molar-refractivity contribution in [2.24, 2.45) is 5.92 Å². The standard InChI is InChI=1S/C21H23FN2O3/c1-13(2)12-24-18-9-8-17(11-19(18)27-14(3)21(24)26)23-20(25)10-15-4-6-16(22)7-5-15/h4-9,11,13-14H,10,12H2,1-3H3,(H,23,25). The van der Waals surface area contributed by atoms with Crippen molar-refractivity contribution in [1.29, 1.82) is 0 Å². The van der Waals surface area contributed by atoms with E-state index >= 15 is 0 Å². The number of amides is 2.